The number of rotatable bonds is 8. The Labute approximate surface area is 227 Å². The molecule has 2 aromatic rings. The summed E-state index contributed by atoms with van der Waals surface area (Å²) in [5, 5.41) is 12.9. The molecule has 0 bridgehead atoms. The SMILES string of the molecule is C[C@H]1[C@H]([Si](C)(C)F)[C@@H](CCO)O[C@H]1CCc1ccc(N2CN(c3ccccc3)C3(CCNCC3)C2=O)cc1. The summed E-state index contributed by atoms with van der Waals surface area (Å²) in [4.78, 5) is 18.1. The van der Waals surface area contributed by atoms with Gasteiger partial charge in [-0.2, -0.15) is 0 Å². The van der Waals surface area contributed by atoms with Gasteiger partial charge in [0.1, 0.15) is 5.54 Å². The molecule has 0 saturated carbocycles. The number of para-hydroxylation sites is 1. The van der Waals surface area contributed by atoms with Gasteiger partial charge in [0, 0.05) is 23.5 Å². The number of hydrogen-bond donors (Lipinski definition) is 2. The van der Waals surface area contributed by atoms with Crippen molar-refractivity contribution in [3.8, 4) is 0 Å². The van der Waals surface area contributed by atoms with E-state index >= 15 is 4.11 Å². The van der Waals surface area contributed by atoms with E-state index in [0.29, 0.717) is 13.1 Å². The first-order valence-electron chi connectivity index (χ1n) is 14.1. The van der Waals surface area contributed by atoms with Crippen molar-refractivity contribution in [1.29, 1.82) is 0 Å². The molecular weight excluding hydrogens is 497 g/mol. The Morgan fingerprint density at radius 1 is 1.03 bits per heavy atom. The standard InChI is InChI=1S/C30H42FN3O3Si/c1-22-26(37-27(15-20-35)28(22)38(2,3)31)14-11-23-9-12-24(13-10-23)33-21-34(25-7-5-4-6-8-25)30(29(33)36)16-18-32-19-17-30/h4-10,12-13,22,26-28,32,35H,11,14-21H2,1-3H3/t22-,26+,27-,28+/m1/s1. The molecule has 5 rings (SSSR count). The molecule has 3 fully saturated rings. The maximum atomic E-state index is 15.1. The predicted octanol–water partition coefficient (Wildman–Crippen LogP) is 4.88. The van der Waals surface area contributed by atoms with Crippen LogP contribution < -0.4 is 15.1 Å². The third kappa shape index (κ3) is 5.16. The summed E-state index contributed by atoms with van der Waals surface area (Å²) in [6.45, 7) is 7.88. The second-order valence-corrected chi connectivity index (χ2v) is 15.6. The lowest BCUT2D eigenvalue weighted by Gasteiger charge is -2.39. The molecule has 1 amide bonds. The lowest BCUT2D eigenvalue weighted by atomic mass is 9.86. The number of nitrogens with one attached hydrogen (secondary N) is 1. The first-order chi connectivity index (χ1) is 18.2. The molecule has 0 radical (unpaired) electrons. The van der Waals surface area contributed by atoms with Gasteiger partial charge < -0.3 is 24.2 Å². The third-order valence-electron chi connectivity index (χ3n) is 9.02. The predicted molar refractivity (Wildman–Crippen MR) is 153 cm³/mol. The van der Waals surface area contributed by atoms with Crippen LogP contribution in [0.25, 0.3) is 0 Å². The van der Waals surface area contributed by atoms with E-state index < -0.39 is 13.9 Å². The molecule has 206 valence electrons. The van der Waals surface area contributed by atoms with Crippen LogP contribution in [0.4, 0.5) is 15.5 Å². The van der Waals surface area contributed by atoms with E-state index in [0.717, 1.165) is 50.1 Å². The molecule has 1 spiro atoms. The molecule has 0 aliphatic carbocycles. The number of aryl methyl sites for hydroxylation is 1. The van der Waals surface area contributed by atoms with Gasteiger partial charge in [0.25, 0.3) is 5.91 Å². The fourth-order valence-electron chi connectivity index (χ4n) is 7.09. The zero-order valence-electron chi connectivity index (χ0n) is 22.9. The largest absolute Gasteiger partial charge is 0.396 e. The summed E-state index contributed by atoms with van der Waals surface area (Å²) >= 11 is 0. The van der Waals surface area contributed by atoms with E-state index in [9.17, 15) is 9.90 Å². The maximum Gasteiger partial charge on any atom is 0.254 e. The summed E-state index contributed by atoms with van der Waals surface area (Å²) in [6, 6.07) is 18.6. The normalized spacial score (nSPS) is 27.4. The van der Waals surface area contributed by atoms with Gasteiger partial charge in [0.2, 0.25) is 8.41 Å². The lowest BCUT2D eigenvalue weighted by molar-refractivity contribution is -0.122. The third-order valence-corrected chi connectivity index (χ3v) is 11.5. The van der Waals surface area contributed by atoms with Crippen molar-refractivity contribution in [2.45, 2.75) is 75.4 Å². The Hall–Kier alpha value is -2.26. The Morgan fingerprint density at radius 2 is 1.71 bits per heavy atom. The molecule has 6 nitrogen and oxygen atoms in total. The van der Waals surface area contributed by atoms with Gasteiger partial charge in [0.05, 0.1) is 18.9 Å². The van der Waals surface area contributed by atoms with Gasteiger partial charge in [-0.3, -0.25) is 9.69 Å². The minimum atomic E-state index is -2.90. The smallest absolute Gasteiger partial charge is 0.254 e. The van der Waals surface area contributed by atoms with Crippen LogP contribution in [-0.2, 0) is 16.0 Å². The highest BCUT2D eigenvalue weighted by Crippen LogP contribution is 2.47. The first kappa shape index (κ1) is 27.3. The number of nitrogens with zero attached hydrogens (tertiary/aromatic N) is 2. The molecule has 3 saturated heterocycles. The van der Waals surface area contributed by atoms with Gasteiger partial charge in [0.15, 0.2) is 0 Å². The molecule has 0 unspecified atom stereocenters. The molecular formula is C30H42FN3O3Si. The zero-order chi connectivity index (χ0) is 26.9. The molecule has 8 heteroatoms. The quantitative estimate of drug-likeness (QED) is 0.370. The number of hydrogen-bond acceptors (Lipinski definition) is 5. The van der Waals surface area contributed by atoms with Crippen LogP contribution >= 0.6 is 0 Å². The van der Waals surface area contributed by atoms with E-state index in [4.69, 9.17) is 4.74 Å². The molecule has 2 aromatic carbocycles. The first-order valence-corrected chi connectivity index (χ1v) is 17.1. The molecule has 2 N–H and O–H groups in total. The van der Waals surface area contributed by atoms with Crippen molar-refractivity contribution in [3.05, 3.63) is 60.2 Å². The van der Waals surface area contributed by atoms with Crippen LogP contribution in [0.5, 0.6) is 0 Å². The highest BCUT2D eigenvalue weighted by atomic mass is 28.4. The highest BCUT2D eigenvalue weighted by Gasteiger charge is 2.53. The van der Waals surface area contributed by atoms with Gasteiger partial charge >= 0.3 is 0 Å². The number of ether oxygens (including phenoxy) is 1. The summed E-state index contributed by atoms with van der Waals surface area (Å²) in [5.74, 6) is 0.326. The minimum absolute atomic E-state index is 0.00175. The number of halogens is 1. The summed E-state index contributed by atoms with van der Waals surface area (Å²) in [5.41, 5.74) is 2.61. The fraction of sp³-hybridized carbons (Fsp3) is 0.567. The number of anilines is 2. The van der Waals surface area contributed by atoms with E-state index in [1.165, 1.54) is 5.56 Å². The number of carbonyl (C=O) groups is 1. The van der Waals surface area contributed by atoms with Crippen molar-refractivity contribution in [1.82, 2.24) is 5.32 Å². The van der Waals surface area contributed by atoms with Crippen molar-refractivity contribution >= 4 is 25.7 Å². The number of aliphatic hydroxyl groups excluding tert-OH is 1. The van der Waals surface area contributed by atoms with E-state index in [1.807, 2.05) is 23.1 Å². The Kier molecular flexibility index (Phi) is 7.96. The van der Waals surface area contributed by atoms with Crippen LogP contribution in [0.1, 0.15) is 38.2 Å². The highest BCUT2D eigenvalue weighted by molar-refractivity contribution is 6.72. The second-order valence-electron chi connectivity index (χ2n) is 11.8. The number of amides is 1. The van der Waals surface area contributed by atoms with Crippen molar-refractivity contribution in [2.75, 3.05) is 36.2 Å². The molecule has 3 aliphatic heterocycles. The van der Waals surface area contributed by atoms with Crippen LogP contribution in [0.2, 0.25) is 18.6 Å². The summed E-state index contributed by atoms with van der Waals surface area (Å²) in [6.07, 6.45) is 3.56. The van der Waals surface area contributed by atoms with Gasteiger partial charge in [-0.15, -0.1) is 0 Å². The Bertz CT molecular complexity index is 1090. The van der Waals surface area contributed by atoms with Crippen LogP contribution in [0.15, 0.2) is 54.6 Å². The summed E-state index contributed by atoms with van der Waals surface area (Å²) < 4.78 is 21.4. The lowest BCUT2D eigenvalue weighted by Crippen LogP contribution is -2.55. The average Bonchev–Trinajstić information content (AvgIpc) is 3.38. The molecule has 3 aliphatic rings. The number of piperidine rings is 1. The fourth-order valence-corrected chi connectivity index (χ4v) is 9.69. The van der Waals surface area contributed by atoms with E-state index in [2.05, 4.69) is 53.5 Å². The zero-order valence-corrected chi connectivity index (χ0v) is 23.9. The monoisotopic (exact) mass is 539 g/mol. The van der Waals surface area contributed by atoms with Crippen molar-refractivity contribution in [3.63, 3.8) is 0 Å². The number of benzene rings is 2. The van der Waals surface area contributed by atoms with Crippen LogP contribution in [0.3, 0.4) is 0 Å². The van der Waals surface area contributed by atoms with Gasteiger partial charge in [-0.25, -0.2) is 0 Å². The minimum Gasteiger partial charge on any atom is -0.396 e. The summed E-state index contributed by atoms with van der Waals surface area (Å²) in [7, 11) is -2.90. The van der Waals surface area contributed by atoms with Crippen molar-refractivity contribution < 1.29 is 18.7 Å². The van der Waals surface area contributed by atoms with Crippen LogP contribution in [-0.4, -0.2) is 63.5 Å². The molecule has 3 heterocycles. The number of carbonyl (C=O) groups excluding carboxylic acids is 1. The Morgan fingerprint density at radius 3 is 2.34 bits per heavy atom. The maximum absolute atomic E-state index is 15.1. The topological polar surface area (TPSA) is 65.0 Å². The van der Waals surface area contributed by atoms with E-state index in [1.54, 1.807) is 13.1 Å². The van der Waals surface area contributed by atoms with Crippen LogP contribution in [0, 0.1) is 5.92 Å². The molecule has 38 heavy (non-hydrogen) atoms. The molecule has 4 atom stereocenters. The van der Waals surface area contributed by atoms with Gasteiger partial charge in [-0.05, 0) is 94.0 Å². The van der Waals surface area contributed by atoms with E-state index in [-0.39, 0.29) is 36.2 Å². The Balaban J connectivity index is 1.28. The van der Waals surface area contributed by atoms with Crippen molar-refractivity contribution in [2.24, 2.45) is 5.92 Å². The number of aliphatic hydroxyl groups is 1. The molecule has 0 aromatic heterocycles. The van der Waals surface area contributed by atoms with Gasteiger partial charge in [-0.1, -0.05) is 37.3 Å². The average molecular weight is 540 g/mol. The second kappa shape index (κ2) is 11.1.